The van der Waals surface area contributed by atoms with Crippen LogP contribution in [0.4, 0.5) is 5.69 Å². The Labute approximate surface area is 100 Å². The van der Waals surface area contributed by atoms with Gasteiger partial charge in [0.2, 0.25) is 0 Å². The standard InChI is InChI=1S/C13H16N2S/c1-9(2)7-10-8-16-13(15-10)11-5-3-4-6-12(11)14/h3-6,8-9H,7,14H2,1-2H3. The molecule has 0 saturated heterocycles. The van der Waals surface area contributed by atoms with Crippen LogP contribution in [0.3, 0.4) is 0 Å². The van der Waals surface area contributed by atoms with Gasteiger partial charge in [-0.05, 0) is 24.5 Å². The molecule has 1 aromatic heterocycles. The van der Waals surface area contributed by atoms with Crippen molar-refractivity contribution in [3.05, 3.63) is 35.3 Å². The molecule has 0 saturated carbocycles. The summed E-state index contributed by atoms with van der Waals surface area (Å²) in [6.07, 6.45) is 1.03. The Morgan fingerprint density at radius 2 is 2.06 bits per heavy atom. The first-order chi connectivity index (χ1) is 7.66. The van der Waals surface area contributed by atoms with E-state index in [1.165, 1.54) is 5.69 Å². The van der Waals surface area contributed by atoms with E-state index >= 15 is 0 Å². The van der Waals surface area contributed by atoms with Crippen molar-refractivity contribution in [2.24, 2.45) is 5.92 Å². The van der Waals surface area contributed by atoms with Gasteiger partial charge in [0.25, 0.3) is 0 Å². The SMILES string of the molecule is CC(C)Cc1csc(-c2ccccc2N)n1. The molecule has 0 unspecified atom stereocenters. The Kier molecular flexibility index (Phi) is 3.25. The van der Waals surface area contributed by atoms with E-state index < -0.39 is 0 Å². The molecule has 2 nitrogen and oxygen atoms in total. The Bertz CT molecular complexity index is 474. The fraction of sp³-hybridized carbons (Fsp3) is 0.308. The highest BCUT2D eigenvalue weighted by Crippen LogP contribution is 2.28. The second-order valence-corrected chi connectivity index (χ2v) is 5.19. The summed E-state index contributed by atoms with van der Waals surface area (Å²) in [6, 6.07) is 7.88. The predicted molar refractivity (Wildman–Crippen MR) is 70.5 cm³/mol. The average Bonchev–Trinajstić information content (AvgIpc) is 2.66. The van der Waals surface area contributed by atoms with Gasteiger partial charge in [-0.2, -0.15) is 0 Å². The molecule has 0 bridgehead atoms. The zero-order valence-electron chi connectivity index (χ0n) is 9.60. The predicted octanol–water partition coefficient (Wildman–Crippen LogP) is 3.59. The van der Waals surface area contributed by atoms with Gasteiger partial charge in [-0.1, -0.05) is 26.0 Å². The number of anilines is 1. The van der Waals surface area contributed by atoms with Crippen LogP contribution in [0.15, 0.2) is 29.6 Å². The van der Waals surface area contributed by atoms with E-state index in [-0.39, 0.29) is 0 Å². The fourth-order valence-electron chi connectivity index (χ4n) is 1.63. The molecular formula is C13H16N2S. The number of thiazole rings is 1. The lowest BCUT2D eigenvalue weighted by molar-refractivity contribution is 0.638. The van der Waals surface area contributed by atoms with Gasteiger partial charge >= 0.3 is 0 Å². The van der Waals surface area contributed by atoms with Gasteiger partial charge < -0.3 is 5.73 Å². The molecule has 0 aliphatic rings. The molecule has 16 heavy (non-hydrogen) atoms. The Morgan fingerprint density at radius 3 is 2.75 bits per heavy atom. The summed E-state index contributed by atoms with van der Waals surface area (Å²) >= 11 is 1.67. The molecule has 1 aromatic carbocycles. The fourth-order valence-corrected chi connectivity index (χ4v) is 2.51. The monoisotopic (exact) mass is 232 g/mol. The third kappa shape index (κ3) is 2.42. The first-order valence-electron chi connectivity index (χ1n) is 5.46. The van der Waals surface area contributed by atoms with Gasteiger partial charge in [-0.25, -0.2) is 4.98 Å². The van der Waals surface area contributed by atoms with Crippen LogP contribution in [0.2, 0.25) is 0 Å². The maximum atomic E-state index is 5.93. The molecule has 3 heteroatoms. The summed E-state index contributed by atoms with van der Waals surface area (Å²) in [5.41, 5.74) is 8.94. The highest BCUT2D eigenvalue weighted by atomic mass is 32.1. The molecule has 1 heterocycles. The Hall–Kier alpha value is -1.35. The molecule has 2 rings (SSSR count). The van der Waals surface area contributed by atoms with Crippen molar-refractivity contribution < 1.29 is 0 Å². The van der Waals surface area contributed by atoms with Crippen molar-refractivity contribution in [3.8, 4) is 10.6 Å². The minimum absolute atomic E-state index is 0.642. The first-order valence-corrected chi connectivity index (χ1v) is 6.34. The van der Waals surface area contributed by atoms with Gasteiger partial charge in [0.05, 0.1) is 5.69 Å². The largest absolute Gasteiger partial charge is 0.398 e. The van der Waals surface area contributed by atoms with E-state index in [1.807, 2.05) is 24.3 Å². The van der Waals surface area contributed by atoms with Gasteiger partial charge in [-0.15, -0.1) is 11.3 Å². The number of rotatable bonds is 3. The van der Waals surface area contributed by atoms with Gasteiger partial charge in [-0.3, -0.25) is 0 Å². The maximum absolute atomic E-state index is 5.93. The van der Waals surface area contributed by atoms with Crippen molar-refractivity contribution in [3.63, 3.8) is 0 Å². The number of hydrogen-bond donors (Lipinski definition) is 1. The molecule has 0 spiro atoms. The Balaban J connectivity index is 2.28. The van der Waals surface area contributed by atoms with Crippen LogP contribution in [0, 0.1) is 5.92 Å². The third-order valence-electron chi connectivity index (χ3n) is 2.36. The molecule has 0 fully saturated rings. The molecule has 0 aliphatic carbocycles. The number of benzene rings is 1. The summed E-state index contributed by atoms with van der Waals surface area (Å²) in [4.78, 5) is 4.62. The minimum Gasteiger partial charge on any atom is -0.398 e. The van der Waals surface area contributed by atoms with Crippen molar-refractivity contribution >= 4 is 17.0 Å². The van der Waals surface area contributed by atoms with Crippen LogP contribution >= 0.6 is 11.3 Å². The van der Waals surface area contributed by atoms with Crippen LogP contribution in [0.1, 0.15) is 19.5 Å². The number of nitrogens with zero attached hydrogens (tertiary/aromatic N) is 1. The summed E-state index contributed by atoms with van der Waals surface area (Å²) in [5, 5.41) is 3.15. The van der Waals surface area contributed by atoms with E-state index in [0.717, 1.165) is 22.7 Å². The van der Waals surface area contributed by atoms with Crippen LogP contribution in [-0.2, 0) is 6.42 Å². The molecule has 0 amide bonds. The van der Waals surface area contributed by atoms with Gasteiger partial charge in [0, 0.05) is 16.6 Å². The molecular weight excluding hydrogens is 216 g/mol. The highest BCUT2D eigenvalue weighted by molar-refractivity contribution is 7.13. The lowest BCUT2D eigenvalue weighted by atomic mass is 10.1. The van der Waals surface area contributed by atoms with E-state index in [9.17, 15) is 0 Å². The summed E-state index contributed by atoms with van der Waals surface area (Å²) in [6.45, 7) is 4.41. The van der Waals surface area contributed by atoms with Gasteiger partial charge in [0.15, 0.2) is 0 Å². The van der Waals surface area contributed by atoms with E-state index in [1.54, 1.807) is 11.3 Å². The second kappa shape index (κ2) is 4.66. The highest BCUT2D eigenvalue weighted by Gasteiger charge is 2.08. The average molecular weight is 232 g/mol. The minimum atomic E-state index is 0.642. The molecule has 2 aromatic rings. The van der Waals surface area contributed by atoms with Crippen molar-refractivity contribution in [2.75, 3.05) is 5.73 Å². The van der Waals surface area contributed by atoms with Crippen LogP contribution < -0.4 is 5.73 Å². The molecule has 0 radical (unpaired) electrons. The molecule has 0 atom stereocenters. The lowest BCUT2D eigenvalue weighted by Crippen LogP contribution is -1.94. The van der Waals surface area contributed by atoms with Crippen molar-refractivity contribution in [1.29, 1.82) is 0 Å². The number of nitrogens with two attached hydrogens (primary N) is 1. The van der Waals surface area contributed by atoms with E-state index in [4.69, 9.17) is 5.73 Å². The quantitative estimate of drug-likeness (QED) is 0.821. The maximum Gasteiger partial charge on any atom is 0.125 e. The number of aromatic nitrogens is 1. The first kappa shape index (κ1) is 11.1. The van der Waals surface area contributed by atoms with Crippen LogP contribution in [0.25, 0.3) is 10.6 Å². The molecule has 2 N–H and O–H groups in total. The van der Waals surface area contributed by atoms with Crippen molar-refractivity contribution in [1.82, 2.24) is 4.98 Å². The normalized spacial score (nSPS) is 10.9. The lowest BCUT2D eigenvalue weighted by Gasteiger charge is -2.01. The number of para-hydroxylation sites is 1. The smallest absolute Gasteiger partial charge is 0.125 e. The van der Waals surface area contributed by atoms with E-state index in [0.29, 0.717) is 5.92 Å². The van der Waals surface area contributed by atoms with Crippen molar-refractivity contribution in [2.45, 2.75) is 20.3 Å². The van der Waals surface area contributed by atoms with Crippen LogP contribution in [-0.4, -0.2) is 4.98 Å². The summed E-state index contributed by atoms with van der Waals surface area (Å²) in [5.74, 6) is 0.642. The van der Waals surface area contributed by atoms with Gasteiger partial charge in [0.1, 0.15) is 5.01 Å². The second-order valence-electron chi connectivity index (χ2n) is 4.33. The Morgan fingerprint density at radius 1 is 1.31 bits per heavy atom. The number of nitrogen functional groups attached to an aromatic ring is 1. The summed E-state index contributed by atoms with van der Waals surface area (Å²) in [7, 11) is 0. The zero-order valence-corrected chi connectivity index (χ0v) is 10.4. The third-order valence-corrected chi connectivity index (χ3v) is 3.28. The van der Waals surface area contributed by atoms with Crippen LogP contribution in [0.5, 0.6) is 0 Å². The molecule has 0 aliphatic heterocycles. The molecule has 84 valence electrons. The number of hydrogen-bond acceptors (Lipinski definition) is 3. The summed E-state index contributed by atoms with van der Waals surface area (Å²) < 4.78 is 0. The van der Waals surface area contributed by atoms with E-state index in [2.05, 4.69) is 24.2 Å². The zero-order chi connectivity index (χ0) is 11.5. The topological polar surface area (TPSA) is 38.9 Å².